The van der Waals surface area contributed by atoms with Gasteiger partial charge in [0.05, 0.1) is 6.54 Å². The minimum atomic E-state index is -0.975. The third-order valence-corrected chi connectivity index (χ3v) is 3.82. The van der Waals surface area contributed by atoms with Crippen LogP contribution in [0.2, 0.25) is 0 Å². The summed E-state index contributed by atoms with van der Waals surface area (Å²) in [6, 6.07) is -1.18. The average molecular weight is 297 g/mol. The van der Waals surface area contributed by atoms with Crippen LogP contribution in [0.4, 0.5) is 4.79 Å². The van der Waals surface area contributed by atoms with Gasteiger partial charge in [0.2, 0.25) is 11.8 Å². The van der Waals surface area contributed by atoms with E-state index in [1.165, 1.54) is 4.90 Å². The predicted octanol–water partition coefficient (Wildman–Crippen LogP) is -0.216. The zero-order valence-electron chi connectivity index (χ0n) is 11.7. The number of nitrogens with zero attached hydrogens (tertiary/aromatic N) is 2. The van der Waals surface area contributed by atoms with E-state index < -0.39 is 18.0 Å². The number of urea groups is 1. The molecule has 0 saturated carbocycles. The molecule has 116 valence electrons. The molecule has 0 radical (unpaired) electrons. The number of carbonyl (C=O) groups excluding carboxylic acids is 3. The standard InChI is InChI=1S/C13H19N3O5/c17-10(15-6-2-1-4-9(15)12(19)20)5-3-7-16-11(18)8-14-13(16)21/h9H,1-8H2,(H,14,21)(H,19,20). The first kappa shape index (κ1) is 15.3. The minimum absolute atomic E-state index is 0.00000689. The van der Waals surface area contributed by atoms with Crippen molar-refractivity contribution in [2.45, 2.75) is 38.1 Å². The fourth-order valence-electron chi connectivity index (χ4n) is 2.70. The zero-order chi connectivity index (χ0) is 15.4. The highest BCUT2D eigenvalue weighted by molar-refractivity contribution is 6.01. The van der Waals surface area contributed by atoms with Gasteiger partial charge in [0.15, 0.2) is 0 Å². The second kappa shape index (κ2) is 6.55. The maximum absolute atomic E-state index is 12.1. The predicted molar refractivity (Wildman–Crippen MR) is 71.3 cm³/mol. The Bertz CT molecular complexity index is 449. The highest BCUT2D eigenvalue weighted by Crippen LogP contribution is 2.18. The Hall–Kier alpha value is -2.12. The summed E-state index contributed by atoms with van der Waals surface area (Å²) in [6.07, 6.45) is 2.58. The van der Waals surface area contributed by atoms with E-state index >= 15 is 0 Å². The smallest absolute Gasteiger partial charge is 0.326 e. The van der Waals surface area contributed by atoms with E-state index in [0.29, 0.717) is 19.4 Å². The van der Waals surface area contributed by atoms with Gasteiger partial charge in [0.25, 0.3) is 0 Å². The molecule has 2 fully saturated rings. The van der Waals surface area contributed by atoms with Crippen molar-refractivity contribution in [1.29, 1.82) is 0 Å². The molecule has 2 heterocycles. The minimum Gasteiger partial charge on any atom is -0.480 e. The van der Waals surface area contributed by atoms with Crippen molar-refractivity contribution in [2.24, 2.45) is 0 Å². The van der Waals surface area contributed by atoms with E-state index in [1.54, 1.807) is 0 Å². The molecule has 8 heteroatoms. The zero-order valence-corrected chi connectivity index (χ0v) is 11.7. The first-order chi connectivity index (χ1) is 10.0. The molecule has 2 rings (SSSR count). The van der Waals surface area contributed by atoms with Crippen molar-refractivity contribution in [3.8, 4) is 0 Å². The Morgan fingerprint density at radius 1 is 1.29 bits per heavy atom. The van der Waals surface area contributed by atoms with Crippen molar-refractivity contribution in [1.82, 2.24) is 15.1 Å². The molecule has 2 aliphatic rings. The van der Waals surface area contributed by atoms with Gasteiger partial charge in [0, 0.05) is 19.5 Å². The summed E-state index contributed by atoms with van der Waals surface area (Å²) in [4.78, 5) is 48.4. The number of carboxylic acids is 1. The maximum Gasteiger partial charge on any atom is 0.326 e. The third-order valence-electron chi connectivity index (χ3n) is 3.82. The van der Waals surface area contributed by atoms with Crippen LogP contribution in [-0.4, -0.2) is 64.4 Å². The number of amides is 4. The topological polar surface area (TPSA) is 107 Å². The van der Waals surface area contributed by atoms with E-state index in [9.17, 15) is 19.2 Å². The van der Waals surface area contributed by atoms with E-state index in [-0.39, 0.29) is 31.3 Å². The van der Waals surface area contributed by atoms with Crippen LogP contribution >= 0.6 is 0 Å². The van der Waals surface area contributed by atoms with Gasteiger partial charge in [-0.1, -0.05) is 0 Å². The molecular weight excluding hydrogens is 278 g/mol. The number of aliphatic carboxylic acids is 1. The van der Waals surface area contributed by atoms with Crippen molar-refractivity contribution in [3.05, 3.63) is 0 Å². The molecule has 2 aliphatic heterocycles. The summed E-state index contributed by atoms with van der Waals surface area (Å²) >= 11 is 0. The first-order valence-corrected chi connectivity index (χ1v) is 7.11. The lowest BCUT2D eigenvalue weighted by Crippen LogP contribution is -2.48. The van der Waals surface area contributed by atoms with Crippen LogP contribution in [-0.2, 0) is 14.4 Å². The van der Waals surface area contributed by atoms with Crippen LogP contribution in [0, 0.1) is 0 Å². The lowest BCUT2D eigenvalue weighted by Gasteiger charge is -2.33. The lowest BCUT2D eigenvalue weighted by molar-refractivity contribution is -0.152. The summed E-state index contributed by atoms with van der Waals surface area (Å²) in [5, 5.41) is 11.5. The van der Waals surface area contributed by atoms with E-state index in [2.05, 4.69) is 5.32 Å². The number of nitrogens with one attached hydrogen (secondary N) is 1. The van der Waals surface area contributed by atoms with E-state index in [1.807, 2.05) is 0 Å². The van der Waals surface area contributed by atoms with Gasteiger partial charge in [-0.3, -0.25) is 14.5 Å². The quantitative estimate of drug-likeness (QED) is 0.682. The number of likely N-dealkylation sites (tertiary alicyclic amines) is 1. The molecule has 2 saturated heterocycles. The van der Waals surface area contributed by atoms with Crippen molar-refractivity contribution in [2.75, 3.05) is 19.6 Å². The van der Waals surface area contributed by atoms with E-state index in [0.717, 1.165) is 17.7 Å². The lowest BCUT2D eigenvalue weighted by atomic mass is 10.0. The molecule has 0 aromatic rings. The second-order valence-electron chi connectivity index (χ2n) is 5.24. The summed E-state index contributed by atoms with van der Waals surface area (Å²) in [5.41, 5.74) is 0. The fraction of sp³-hybridized carbons (Fsp3) is 0.692. The Morgan fingerprint density at radius 2 is 2.05 bits per heavy atom. The van der Waals surface area contributed by atoms with Crippen LogP contribution in [0.1, 0.15) is 32.1 Å². The highest BCUT2D eigenvalue weighted by atomic mass is 16.4. The van der Waals surface area contributed by atoms with Gasteiger partial charge in [0.1, 0.15) is 6.04 Å². The Kier molecular flexibility index (Phi) is 4.77. The van der Waals surface area contributed by atoms with Crippen molar-refractivity contribution < 1.29 is 24.3 Å². The Labute approximate surface area is 122 Å². The molecule has 2 N–H and O–H groups in total. The fourth-order valence-corrected chi connectivity index (χ4v) is 2.70. The molecule has 8 nitrogen and oxygen atoms in total. The Balaban J connectivity index is 1.82. The van der Waals surface area contributed by atoms with Gasteiger partial charge in [-0.15, -0.1) is 0 Å². The average Bonchev–Trinajstić information content (AvgIpc) is 2.78. The maximum atomic E-state index is 12.1. The molecule has 0 spiro atoms. The van der Waals surface area contributed by atoms with E-state index in [4.69, 9.17) is 5.11 Å². The summed E-state index contributed by atoms with van der Waals surface area (Å²) in [5.74, 6) is -1.50. The van der Waals surface area contributed by atoms with Crippen molar-refractivity contribution in [3.63, 3.8) is 0 Å². The largest absolute Gasteiger partial charge is 0.480 e. The van der Waals surface area contributed by atoms with Crippen LogP contribution in [0.25, 0.3) is 0 Å². The molecule has 0 aromatic heterocycles. The molecule has 0 aliphatic carbocycles. The van der Waals surface area contributed by atoms with Crippen LogP contribution in [0.15, 0.2) is 0 Å². The SMILES string of the molecule is O=C(O)C1CCCCN1C(=O)CCCN1C(=O)CNC1=O. The third kappa shape index (κ3) is 3.50. The number of hydrogen-bond donors (Lipinski definition) is 2. The van der Waals surface area contributed by atoms with Gasteiger partial charge < -0.3 is 15.3 Å². The Morgan fingerprint density at radius 3 is 2.67 bits per heavy atom. The van der Waals surface area contributed by atoms with Crippen molar-refractivity contribution >= 4 is 23.8 Å². The van der Waals surface area contributed by atoms with Crippen LogP contribution < -0.4 is 5.32 Å². The van der Waals surface area contributed by atoms with Gasteiger partial charge in [-0.05, 0) is 25.7 Å². The molecule has 0 bridgehead atoms. The molecule has 21 heavy (non-hydrogen) atoms. The number of hydrogen-bond acceptors (Lipinski definition) is 4. The van der Waals surface area contributed by atoms with Gasteiger partial charge in [-0.25, -0.2) is 9.59 Å². The number of rotatable bonds is 5. The summed E-state index contributed by atoms with van der Waals surface area (Å²) < 4.78 is 0. The summed E-state index contributed by atoms with van der Waals surface area (Å²) in [6.45, 7) is 0.640. The highest BCUT2D eigenvalue weighted by Gasteiger charge is 2.32. The summed E-state index contributed by atoms with van der Waals surface area (Å²) in [7, 11) is 0. The number of imide groups is 1. The molecule has 4 amide bonds. The number of carbonyl (C=O) groups is 4. The molecule has 0 aromatic carbocycles. The van der Waals surface area contributed by atoms with Gasteiger partial charge in [-0.2, -0.15) is 0 Å². The number of piperidine rings is 1. The van der Waals surface area contributed by atoms with Gasteiger partial charge >= 0.3 is 12.0 Å². The van der Waals surface area contributed by atoms with Crippen LogP contribution in [0.3, 0.4) is 0 Å². The molecule has 1 unspecified atom stereocenters. The molecule has 1 atom stereocenters. The molecular formula is C13H19N3O5. The number of carboxylic acid groups (broad SMARTS) is 1. The monoisotopic (exact) mass is 297 g/mol. The van der Waals surface area contributed by atoms with Crippen LogP contribution in [0.5, 0.6) is 0 Å². The second-order valence-corrected chi connectivity index (χ2v) is 5.24. The normalized spacial score (nSPS) is 22.4. The first-order valence-electron chi connectivity index (χ1n) is 7.11.